The summed E-state index contributed by atoms with van der Waals surface area (Å²) in [6, 6.07) is 18.3. The smallest absolute Gasteiger partial charge is 0.234 e. The lowest BCUT2D eigenvalue weighted by Gasteiger charge is -2.37. The number of amides is 1. The van der Waals surface area contributed by atoms with E-state index < -0.39 is 0 Å². The van der Waals surface area contributed by atoms with E-state index in [9.17, 15) is 10.1 Å². The largest absolute Gasteiger partial charge is 0.325 e. The maximum absolute atomic E-state index is 12.6. The molecule has 32 heavy (non-hydrogen) atoms. The highest BCUT2D eigenvalue weighted by molar-refractivity contribution is 8.00. The maximum Gasteiger partial charge on any atom is 0.234 e. The molecule has 1 heterocycles. The summed E-state index contributed by atoms with van der Waals surface area (Å²) in [5.74, 6) is 0.733. The first-order valence-corrected chi connectivity index (χ1v) is 12.2. The Morgan fingerprint density at radius 2 is 2.00 bits per heavy atom. The monoisotopic (exact) mass is 443 g/mol. The van der Waals surface area contributed by atoms with Gasteiger partial charge in [-0.25, -0.2) is 4.98 Å². The Morgan fingerprint density at radius 1 is 1.22 bits per heavy atom. The van der Waals surface area contributed by atoms with Gasteiger partial charge < -0.3 is 5.32 Å². The van der Waals surface area contributed by atoms with Crippen LogP contribution in [0.25, 0.3) is 10.8 Å². The van der Waals surface area contributed by atoms with Gasteiger partial charge in [0.05, 0.1) is 11.3 Å². The van der Waals surface area contributed by atoms with Gasteiger partial charge >= 0.3 is 0 Å². The summed E-state index contributed by atoms with van der Waals surface area (Å²) in [4.78, 5) is 17.4. The van der Waals surface area contributed by atoms with Crippen LogP contribution >= 0.6 is 11.8 Å². The van der Waals surface area contributed by atoms with Crippen molar-refractivity contribution in [2.45, 2.75) is 51.5 Å². The molecule has 164 valence electrons. The first kappa shape index (κ1) is 22.4. The highest BCUT2D eigenvalue weighted by Crippen LogP contribution is 2.40. The highest BCUT2D eigenvalue weighted by Gasteiger charge is 2.32. The normalized spacial score (nSPS) is 15.8. The minimum absolute atomic E-state index is 0.0987. The molecule has 4 rings (SSSR count). The first-order chi connectivity index (χ1) is 15.4. The minimum atomic E-state index is -0.0987. The van der Waals surface area contributed by atoms with Crippen LogP contribution in [0, 0.1) is 22.7 Å². The van der Waals surface area contributed by atoms with E-state index in [2.05, 4.69) is 32.2 Å². The van der Waals surface area contributed by atoms with Crippen LogP contribution < -0.4 is 5.32 Å². The van der Waals surface area contributed by atoms with Crippen molar-refractivity contribution in [1.29, 1.82) is 5.26 Å². The number of carbonyl (C=O) groups excluding carboxylic acids is 1. The van der Waals surface area contributed by atoms with Gasteiger partial charge in [-0.3, -0.25) is 4.79 Å². The average Bonchev–Trinajstić information content (AvgIpc) is 2.81. The minimum Gasteiger partial charge on any atom is -0.325 e. The van der Waals surface area contributed by atoms with E-state index in [0.717, 1.165) is 47.8 Å². The first-order valence-electron chi connectivity index (χ1n) is 11.2. The molecule has 0 aliphatic heterocycles. The van der Waals surface area contributed by atoms with E-state index in [1.54, 1.807) is 0 Å². The molecular formula is C27H29N3OS. The number of aromatic nitrogens is 1. The SMILES string of the molecule is CCC(C)(C)C1CCc2nc(SCC(=O)Nc3ccc4ccccc4c3)c(C#N)cc2C1. The third-order valence-corrected chi connectivity index (χ3v) is 7.85. The topological polar surface area (TPSA) is 65.8 Å². The number of benzene rings is 2. The highest BCUT2D eigenvalue weighted by atomic mass is 32.2. The van der Waals surface area contributed by atoms with E-state index in [1.165, 1.54) is 17.3 Å². The fourth-order valence-corrected chi connectivity index (χ4v) is 5.16. The van der Waals surface area contributed by atoms with Crippen LogP contribution in [0.3, 0.4) is 0 Å². The van der Waals surface area contributed by atoms with Crippen molar-refractivity contribution < 1.29 is 4.79 Å². The molecule has 2 aromatic carbocycles. The summed E-state index contributed by atoms with van der Waals surface area (Å²) in [7, 11) is 0. The number of anilines is 1. The number of thioether (sulfide) groups is 1. The number of hydrogen-bond donors (Lipinski definition) is 1. The van der Waals surface area contributed by atoms with Crippen molar-refractivity contribution in [2.24, 2.45) is 11.3 Å². The molecule has 1 N–H and O–H groups in total. The Hall–Kier alpha value is -2.84. The predicted molar refractivity (Wildman–Crippen MR) is 132 cm³/mol. The van der Waals surface area contributed by atoms with Gasteiger partial charge in [-0.1, -0.05) is 69.3 Å². The lowest BCUT2D eigenvalue weighted by molar-refractivity contribution is -0.113. The molecule has 0 fully saturated rings. The van der Waals surface area contributed by atoms with Crippen molar-refractivity contribution in [3.05, 3.63) is 65.4 Å². The van der Waals surface area contributed by atoms with Gasteiger partial charge in [0.1, 0.15) is 11.1 Å². The lowest BCUT2D eigenvalue weighted by Crippen LogP contribution is -2.29. The van der Waals surface area contributed by atoms with Crippen LogP contribution in [-0.4, -0.2) is 16.6 Å². The Labute approximate surface area is 194 Å². The summed E-state index contributed by atoms with van der Waals surface area (Å²) in [6.45, 7) is 6.91. The number of nitrogens with one attached hydrogen (secondary N) is 1. The Kier molecular flexibility index (Phi) is 6.53. The summed E-state index contributed by atoms with van der Waals surface area (Å²) in [5.41, 5.74) is 3.92. The van der Waals surface area contributed by atoms with Crippen molar-refractivity contribution >= 4 is 34.1 Å². The number of hydrogen-bond acceptors (Lipinski definition) is 4. The second-order valence-electron chi connectivity index (χ2n) is 9.24. The molecule has 3 aromatic rings. The zero-order valence-electron chi connectivity index (χ0n) is 18.9. The summed E-state index contributed by atoms with van der Waals surface area (Å²) in [6.07, 6.45) is 4.18. The third-order valence-electron chi connectivity index (χ3n) is 6.86. The number of carbonyl (C=O) groups is 1. The third kappa shape index (κ3) is 4.81. The number of fused-ring (bicyclic) bond motifs is 2. The number of pyridine rings is 1. The number of rotatable bonds is 6. The van der Waals surface area contributed by atoms with E-state index in [-0.39, 0.29) is 11.7 Å². The molecule has 1 aromatic heterocycles. The van der Waals surface area contributed by atoms with Crippen LogP contribution in [0.4, 0.5) is 5.69 Å². The van der Waals surface area contributed by atoms with Gasteiger partial charge in [0.2, 0.25) is 5.91 Å². The second-order valence-corrected chi connectivity index (χ2v) is 10.2. The average molecular weight is 444 g/mol. The molecule has 1 amide bonds. The molecule has 0 saturated carbocycles. The van der Waals surface area contributed by atoms with Gasteiger partial charge in [0, 0.05) is 11.4 Å². The number of aryl methyl sites for hydroxylation is 1. The van der Waals surface area contributed by atoms with E-state index in [4.69, 9.17) is 4.98 Å². The molecule has 5 heteroatoms. The summed E-state index contributed by atoms with van der Waals surface area (Å²) in [5, 5.41) is 15.5. The molecule has 4 nitrogen and oxygen atoms in total. The molecule has 0 bridgehead atoms. The molecule has 0 saturated heterocycles. The van der Waals surface area contributed by atoms with Gasteiger partial charge in [0.15, 0.2) is 0 Å². The summed E-state index contributed by atoms with van der Waals surface area (Å²) >= 11 is 1.34. The zero-order chi connectivity index (χ0) is 22.7. The van der Waals surface area contributed by atoms with Crippen molar-refractivity contribution in [2.75, 3.05) is 11.1 Å². The molecule has 0 spiro atoms. The van der Waals surface area contributed by atoms with Crippen LogP contribution in [0.2, 0.25) is 0 Å². The lowest BCUT2D eigenvalue weighted by atomic mass is 9.69. The second kappa shape index (κ2) is 9.34. The molecule has 0 radical (unpaired) electrons. The van der Waals surface area contributed by atoms with Gasteiger partial charge in [-0.15, -0.1) is 0 Å². The van der Waals surface area contributed by atoms with E-state index in [0.29, 0.717) is 21.9 Å². The van der Waals surface area contributed by atoms with Gasteiger partial charge in [-0.2, -0.15) is 5.26 Å². The van der Waals surface area contributed by atoms with Crippen LogP contribution in [-0.2, 0) is 17.6 Å². The van der Waals surface area contributed by atoms with Crippen LogP contribution in [0.5, 0.6) is 0 Å². The standard InChI is InChI=1S/C27H29N3OS/c1-4-27(2,3)22-10-12-24-20(14-22)13-21(16-28)26(30-24)32-17-25(31)29-23-11-9-18-7-5-6-8-19(18)15-23/h5-9,11,13,15,22H,4,10,12,14,17H2,1-3H3,(H,29,31). The van der Waals surface area contributed by atoms with Crippen molar-refractivity contribution in [3.63, 3.8) is 0 Å². The number of nitriles is 1. The van der Waals surface area contributed by atoms with Gasteiger partial charge in [-0.05, 0) is 65.1 Å². The zero-order valence-corrected chi connectivity index (χ0v) is 19.8. The maximum atomic E-state index is 12.6. The van der Waals surface area contributed by atoms with E-state index in [1.807, 2.05) is 48.5 Å². The molecule has 1 aliphatic carbocycles. The molecule has 1 aliphatic rings. The van der Waals surface area contributed by atoms with Crippen molar-refractivity contribution in [1.82, 2.24) is 4.98 Å². The van der Waals surface area contributed by atoms with Gasteiger partial charge in [0.25, 0.3) is 0 Å². The Balaban J connectivity index is 1.44. The van der Waals surface area contributed by atoms with Crippen LogP contribution in [0.1, 0.15) is 50.4 Å². The fourth-order valence-electron chi connectivity index (χ4n) is 4.39. The molecule has 1 unspecified atom stereocenters. The quantitative estimate of drug-likeness (QED) is 0.449. The summed E-state index contributed by atoms with van der Waals surface area (Å²) < 4.78 is 0. The Morgan fingerprint density at radius 3 is 2.75 bits per heavy atom. The van der Waals surface area contributed by atoms with E-state index >= 15 is 0 Å². The fraction of sp³-hybridized carbons (Fsp3) is 0.370. The van der Waals surface area contributed by atoms with Crippen molar-refractivity contribution in [3.8, 4) is 6.07 Å². The number of nitrogens with zero attached hydrogens (tertiary/aromatic N) is 2. The predicted octanol–water partition coefficient (Wildman–Crippen LogP) is 6.38. The van der Waals surface area contributed by atoms with Crippen LogP contribution in [0.15, 0.2) is 53.6 Å². The molecular weight excluding hydrogens is 414 g/mol. The Bertz CT molecular complexity index is 1200. The molecule has 1 atom stereocenters.